The molecule has 1 heterocycles. The molecule has 1 aromatic carbocycles. The van der Waals surface area contributed by atoms with E-state index in [1.165, 1.54) is 0 Å². The van der Waals surface area contributed by atoms with Crippen molar-refractivity contribution in [1.82, 2.24) is 9.97 Å². The first-order valence-electron chi connectivity index (χ1n) is 6.66. The van der Waals surface area contributed by atoms with Gasteiger partial charge in [-0.3, -0.25) is 4.79 Å². The highest BCUT2D eigenvalue weighted by Gasteiger charge is 2.22. The molecule has 1 amide bonds. The summed E-state index contributed by atoms with van der Waals surface area (Å²) in [6.07, 6.45) is 1.54. The van der Waals surface area contributed by atoms with Gasteiger partial charge in [-0.05, 0) is 34.5 Å². The van der Waals surface area contributed by atoms with Crippen LogP contribution in [-0.2, 0) is 9.84 Å². The minimum Gasteiger partial charge on any atom is -0.320 e. The number of aromatic nitrogens is 2. The summed E-state index contributed by atoms with van der Waals surface area (Å²) in [5.41, 5.74) is 0.331. The van der Waals surface area contributed by atoms with Gasteiger partial charge in [0.05, 0.1) is 22.7 Å². The quantitative estimate of drug-likeness (QED) is 0.752. The molecule has 1 N–H and O–H groups in total. The first-order valence-corrected chi connectivity index (χ1v) is 9.48. The smallest absolute Gasteiger partial charge is 0.276 e. The number of hydrogen-bond acceptors (Lipinski definition) is 5. The fourth-order valence-electron chi connectivity index (χ4n) is 1.76. The molecule has 0 aliphatic carbocycles. The Morgan fingerprint density at radius 3 is 2.70 bits per heavy atom. The minimum absolute atomic E-state index is 0.0231. The lowest BCUT2D eigenvalue weighted by molar-refractivity contribution is 0.102. The van der Waals surface area contributed by atoms with Crippen LogP contribution in [0.2, 0.25) is 5.02 Å². The fourth-order valence-corrected chi connectivity index (χ4v) is 3.49. The van der Waals surface area contributed by atoms with Crippen molar-refractivity contribution < 1.29 is 13.2 Å². The Kier molecular flexibility index (Phi) is 5.72. The van der Waals surface area contributed by atoms with Crippen LogP contribution >= 0.6 is 27.5 Å². The fraction of sp³-hybridized carbons (Fsp3) is 0.214. The lowest BCUT2D eigenvalue weighted by atomic mass is 10.3. The second kappa shape index (κ2) is 7.37. The number of carbonyl (C=O) groups excluding carboxylic acids is 1. The van der Waals surface area contributed by atoms with Crippen molar-refractivity contribution >= 4 is 49.0 Å². The highest BCUT2D eigenvalue weighted by molar-refractivity contribution is 9.10. The van der Waals surface area contributed by atoms with Crippen LogP contribution in [0.25, 0.3) is 0 Å². The van der Waals surface area contributed by atoms with E-state index in [0.29, 0.717) is 16.6 Å². The van der Waals surface area contributed by atoms with Gasteiger partial charge in [0.25, 0.3) is 5.91 Å². The maximum absolute atomic E-state index is 12.3. The second-order valence-corrected chi connectivity index (χ2v) is 7.87. The molecule has 0 spiro atoms. The normalized spacial score (nSPS) is 11.3. The molecule has 0 bridgehead atoms. The summed E-state index contributed by atoms with van der Waals surface area (Å²) in [5, 5.41) is 2.20. The Hall–Kier alpha value is -1.51. The number of hydrogen-bond donors (Lipinski definition) is 1. The Morgan fingerprint density at radius 1 is 1.35 bits per heavy atom. The van der Waals surface area contributed by atoms with Crippen molar-refractivity contribution in [1.29, 1.82) is 0 Å². The average molecular weight is 419 g/mol. The van der Waals surface area contributed by atoms with Gasteiger partial charge in [-0.25, -0.2) is 18.4 Å². The average Bonchev–Trinajstić information content (AvgIpc) is 2.49. The van der Waals surface area contributed by atoms with Crippen LogP contribution in [-0.4, -0.2) is 30.0 Å². The highest BCUT2D eigenvalue weighted by Crippen LogP contribution is 2.23. The molecule has 0 radical (unpaired) electrons. The number of sulfone groups is 1. The minimum atomic E-state index is -3.63. The third kappa shape index (κ3) is 4.27. The Labute approximate surface area is 147 Å². The zero-order valence-electron chi connectivity index (χ0n) is 12.1. The topological polar surface area (TPSA) is 89.0 Å². The molecule has 6 nitrogen and oxygen atoms in total. The zero-order valence-corrected chi connectivity index (χ0v) is 15.2. The molecule has 0 fully saturated rings. The van der Waals surface area contributed by atoms with Gasteiger partial charge in [0.15, 0.2) is 5.69 Å². The molecule has 9 heteroatoms. The third-order valence-corrected chi connectivity index (χ3v) is 5.48. The standard InChI is InChI=1S/C14H13BrClN3O3S/c1-2-7-23(21,22)14-17-8-10(16)12(19-14)13(20)18-11-6-4-3-5-9(11)15/h3-6,8H,2,7H2,1H3,(H,18,20). The van der Waals surface area contributed by atoms with Crippen molar-refractivity contribution in [2.24, 2.45) is 0 Å². The molecule has 2 rings (SSSR count). The Bertz CT molecular complexity index is 843. The van der Waals surface area contributed by atoms with Gasteiger partial charge in [-0.2, -0.15) is 0 Å². The van der Waals surface area contributed by atoms with Crippen molar-refractivity contribution in [2.75, 3.05) is 11.1 Å². The monoisotopic (exact) mass is 417 g/mol. The molecule has 1 aromatic heterocycles. The second-order valence-electron chi connectivity index (χ2n) is 4.60. The van der Waals surface area contributed by atoms with Gasteiger partial charge in [0, 0.05) is 4.47 Å². The van der Waals surface area contributed by atoms with Crippen LogP contribution in [0.3, 0.4) is 0 Å². The largest absolute Gasteiger partial charge is 0.320 e. The maximum Gasteiger partial charge on any atom is 0.276 e. The number of anilines is 1. The number of amides is 1. The molecular weight excluding hydrogens is 406 g/mol. The van der Waals surface area contributed by atoms with Crippen molar-refractivity contribution in [3.05, 3.63) is 45.7 Å². The van der Waals surface area contributed by atoms with Crippen molar-refractivity contribution in [3.8, 4) is 0 Å². The van der Waals surface area contributed by atoms with Crippen LogP contribution in [0.4, 0.5) is 5.69 Å². The Balaban J connectivity index is 2.36. The van der Waals surface area contributed by atoms with Crippen LogP contribution in [0.1, 0.15) is 23.8 Å². The van der Waals surface area contributed by atoms with E-state index in [9.17, 15) is 13.2 Å². The van der Waals surface area contributed by atoms with E-state index < -0.39 is 20.9 Å². The molecular formula is C14H13BrClN3O3S. The lowest BCUT2D eigenvalue weighted by Crippen LogP contribution is -2.18. The van der Waals surface area contributed by atoms with E-state index in [2.05, 4.69) is 31.2 Å². The van der Waals surface area contributed by atoms with E-state index in [1.54, 1.807) is 31.2 Å². The SMILES string of the molecule is CCCS(=O)(=O)c1ncc(Cl)c(C(=O)Nc2ccccc2Br)n1. The van der Waals surface area contributed by atoms with E-state index in [4.69, 9.17) is 11.6 Å². The van der Waals surface area contributed by atoms with E-state index in [1.807, 2.05) is 0 Å². The third-order valence-electron chi connectivity index (χ3n) is 2.81. The molecule has 0 saturated carbocycles. The molecule has 0 aliphatic heterocycles. The first kappa shape index (κ1) is 17.8. The van der Waals surface area contributed by atoms with E-state index >= 15 is 0 Å². The number of rotatable bonds is 5. The van der Waals surface area contributed by atoms with Crippen LogP contribution in [0.5, 0.6) is 0 Å². The van der Waals surface area contributed by atoms with Gasteiger partial charge >= 0.3 is 0 Å². The molecule has 0 saturated heterocycles. The van der Waals surface area contributed by atoms with Gasteiger partial charge in [0.1, 0.15) is 0 Å². The molecule has 0 atom stereocenters. The Morgan fingerprint density at radius 2 is 2.04 bits per heavy atom. The van der Waals surface area contributed by atoms with E-state index in [-0.39, 0.29) is 16.5 Å². The number of para-hydroxylation sites is 1. The zero-order chi connectivity index (χ0) is 17.0. The summed E-state index contributed by atoms with van der Waals surface area (Å²) in [6.45, 7) is 1.73. The summed E-state index contributed by atoms with van der Waals surface area (Å²) < 4.78 is 24.7. The summed E-state index contributed by atoms with van der Waals surface area (Å²) in [4.78, 5) is 19.9. The van der Waals surface area contributed by atoms with Gasteiger partial charge < -0.3 is 5.32 Å². The summed E-state index contributed by atoms with van der Waals surface area (Å²) in [5.74, 6) is -0.711. The van der Waals surface area contributed by atoms with E-state index in [0.717, 1.165) is 6.20 Å². The molecule has 2 aromatic rings. The van der Waals surface area contributed by atoms with Gasteiger partial charge in [-0.15, -0.1) is 0 Å². The number of benzene rings is 1. The van der Waals surface area contributed by atoms with Crippen LogP contribution in [0, 0.1) is 0 Å². The summed E-state index contributed by atoms with van der Waals surface area (Å²) in [6, 6.07) is 6.99. The number of nitrogens with one attached hydrogen (secondary N) is 1. The summed E-state index contributed by atoms with van der Waals surface area (Å²) >= 11 is 9.24. The summed E-state index contributed by atoms with van der Waals surface area (Å²) in [7, 11) is -3.63. The van der Waals surface area contributed by atoms with Crippen molar-refractivity contribution in [2.45, 2.75) is 18.5 Å². The predicted molar refractivity (Wildman–Crippen MR) is 91.5 cm³/mol. The molecule has 122 valence electrons. The van der Waals surface area contributed by atoms with Crippen LogP contribution in [0.15, 0.2) is 40.1 Å². The molecule has 0 unspecified atom stereocenters. The number of carbonyl (C=O) groups is 1. The predicted octanol–water partition coefficient (Wildman–Crippen LogP) is 3.33. The van der Waals surface area contributed by atoms with Crippen LogP contribution < -0.4 is 5.32 Å². The first-order chi connectivity index (χ1) is 10.8. The lowest BCUT2D eigenvalue weighted by Gasteiger charge is -2.09. The van der Waals surface area contributed by atoms with Gasteiger partial charge in [0.2, 0.25) is 15.0 Å². The van der Waals surface area contributed by atoms with Gasteiger partial charge in [-0.1, -0.05) is 30.7 Å². The van der Waals surface area contributed by atoms with Crippen molar-refractivity contribution in [3.63, 3.8) is 0 Å². The number of nitrogens with zero attached hydrogens (tertiary/aromatic N) is 2. The molecule has 0 aliphatic rings. The number of halogens is 2. The molecule has 23 heavy (non-hydrogen) atoms. The highest BCUT2D eigenvalue weighted by atomic mass is 79.9. The maximum atomic E-state index is 12.3.